The fourth-order valence-corrected chi connectivity index (χ4v) is 3.03. The summed E-state index contributed by atoms with van der Waals surface area (Å²) < 4.78 is 1.16. The van der Waals surface area contributed by atoms with Gasteiger partial charge in [-0.25, -0.2) is 0 Å². The first kappa shape index (κ1) is 13.9. The van der Waals surface area contributed by atoms with Gasteiger partial charge in [-0.05, 0) is 48.9 Å². The third kappa shape index (κ3) is 3.07. The van der Waals surface area contributed by atoms with E-state index in [0.29, 0.717) is 6.54 Å². The molecule has 2 nitrogen and oxygen atoms in total. The molecule has 0 saturated carbocycles. The van der Waals surface area contributed by atoms with E-state index in [1.54, 1.807) is 0 Å². The fourth-order valence-electron chi connectivity index (χ4n) is 2.68. The number of hydrogen-bond donors (Lipinski definition) is 1. The van der Waals surface area contributed by atoms with Crippen molar-refractivity contribution in [1.29, 1.82) is 0 Å². The zero-order valence-corrected chi connectivity index (χ0v) is 12.9. The Kier molecular flexibility index (Phi) is 4.68. The lowest BCUT2D eigenvalue weighted by molar-refractivity contribution is 0.323. The van der Waals surface area contributed by atoms with Crippen LogP contribution in [0.5, 0.6) is 0 Å². The maximum Gasteiger partial charge on any atom is 0.0410 e. The summed E-state index contributed by atoms with van der Waals surface area (Å²) in [5.74, 6) is 1.61. The number of piperidine rings is 1. The van der Waals surface area contributed by atoms with Crippen LogP contribution in [0.15, 0.2) is 22.7 Å². The fraction of sp³-hybridized carbons (Fsp3) is 0.600. The van der Waals surface area contributed by atoms with Crippen LogP contribution in [0.3, 0.4) is 0 Å². The molecular weight excluding hydrogens is 288 g/mol. The number of benzene rings is 1. The minimum Gasteiger partial charge on any atom is -0.371 e. The van der Waals surface area contributed by atoms with E-state index in [1.807, 2.05) is 0 Å². The van der Waals surface area contributed by atoms with Gasteiger partial charge in [-0.3, -0.25) is 0 Å². The summed E-state index contributed by atoms with van der Waals surface area (Å²) in [5.41, 5.74) is 8.46. The molecule has 2 atom stereocenters. The molecule has 0 aromatic heterocycles. The van der Waals surface area contributed by atoms with Gasteiger partial charge in [-0.15, -0.1) is 0 Å². The predicted molar refractivity (Wildman–Crippen MR) is 82.1 cm³/mol. The summed E-state index contributed by atoms with van der Waals surface area (Å²) in [6, 6.07) is 6.56. The van der Waals surface area contributed by atoms with Crippen molar-refractivity contribution in [3.05, 3.63) is 28.2 Å². The van der Waals surface area contributed by atoms with Crippen LogP contribution >= 0.6 is 15.9 Å². The largest absolute Gasteiger partial charge is 0.371 e. The van der Waals surface area contributed by atoms with E-state index in [2.05, 4.69) is 52.9 Å². The van der Waals surface area contributed by atoms with Crippen molar-refractivity contribution in [3.8, 4) is 0 Å². The minimum absolute atomic E-state index is 0.717. The lowest BCUT2D eigenvalue weighted by Crippen LogP contribution is -2.39. The first-order valence-electron chi connectivity index (χ1n) is 6.85. The van der Waals surface area contributed by atoms with E-state index in [0.717, 1.165) is 29.3 Å². The maximum atomic E-state index is 5.72. The highest BCUT2D eigenvalue weighted by Crippen LogP contribution is 2.31. The van der Waals surface area contributed by atoms with E-state index >= 15 is 0 Å². The van der Waals surface area contributed by atoms with Crippen LogP contribution in [-0.4, -0.2) is 19.6 Å². The number of rotatable bonds is 3. The minimum atomic E-state index is 0.717. The van der Waals surface area contributed by atoms with Crippen LogP contribution in [-0.2, 0) is 6.42 Å². The first-order valence-corrected chi connectivity index (χ1v) is 7.64. The molecule has 0 spiro atoms. The maximum absolute atomic E-state index is 5.72. The second-order valence-corrected chi connectivity index (χ2v) is 6.42. The third-order valence-corrected chi connectivity index (χ3v) is 4.63. The van der Waals surface area contributed by atoms with Crippen molar-refractivity contribution in [1.82, 2.24) is 0 Å². The molecule has 1 aromatic rings. The molecule has 0 amide bonds. The van der Waals surface area contributed by atoms with Gasteiger partial charge in [0.2, 0.25) is 0 Å². The van der Waals surface area contributed by atoms with Crippen LogP contribution in [0.2, 0.25) is 0 Å². The van der Waals surface area contributed by atoms with Crippen molar-refractivity contribution < 1.29 is 0 Å². The molecule has 1 fully saturated rings. The Morgan fingerprint density at radius 3 is 2.78 bits per heavy atom. The zero-order valence-electron chi connectivity index (χ0n) is 11.3. The van der Waals surface area contributed by atoms with Crippen LogP contribution < -0.4 is 10.6 Å². The molecule has 0 radical (unpaired) electrons. The molecule has 18 heavy (non-hydrogen) atoms. The second kappa shape index (κ2) is 6.07. The number of hydrogen-bond acceptors (Lipinski definition) is 2. The number of anilines is 1. The summed E-state index contributed by atoms with van der Waals surface area (Å²) >= 11 is 3.58. The molecule has 2 N–H and O–H groups in total. The van der Waals surface area contributed by atoms with Gasteiger partial charge in [0.1, 0.15) is 0 Å². The molecule has 3 heteroatoms. The van der Waals surface area contributed by atoms with E-state index < -0.39 is 0 Å². The monoisotopic (exact) mass is 310 g/mol. The Hall–Kier alpha value is -0.540. The molecule has 1 aromatic carbocycles. The quantitative estimate of drug-likeness (QED) is 0.926. The SMILES string of the molecule is CC1CCN(c2cc(Br)ccc2CCN)CC1C. The number of nitrogens with two attached hydrogens (primary N) is 1. The van der Waals surface area contributed by atoms with Gasteiger partial charge in [0, 0.05) is 23.2 Å². The number of halogens is 1. The van der Waals surface area contributed by atoms with Gasteiger partial charge >= 0.3 is 0 Å². The van der Waals surface area contributed by atoms with Crippen molar-refractivity contribution in [2.45, 2.75) is 26.7 Å². The molecular formula is C15H23BrN2. The summed E-state index contributed by atoms with van der Waals surface area (Å²) in [7, 11) is 0. The Balaban J connectivity index is 2.23. The van der Waals surface area contributed by atoms with Crippen LogP contribution in [0.1, 0.15) is 25.8 Å². The van der Waals surface area contributed by atoms with Crippen LogP contribution in [0.25, 0.3) is 0 Å². The molecule has 0 bridgehead atoms. The lowest BCUT2D eigenvalue weighted by atomic mass is 9.88. The molecule has 1 aliphatic heterocycles. The van der Waals surface area contributed by atoms with Crippen molar-refractivity contribution >= 4 is 21.6 Å². The molecule has 0 aliphatic carbocycles. The highest BCUT2D eigenvalue weighted by atomic mass is 79.9. The Labute approximate surface area is 119 Å². The lowest BCUT2D eigenvalue weighted by Gasteiger charge is -2.38. The normalized spacial score (nSPS) is 24.3. The molecule has 1 heterocycles. The van der Waals surface area contributed by atoms with E-state index in [1.165, 1.54) is 24.2 Å². The second-order valence-electron chi connectivity index (χ2n) is 5.50. The molecule has 2 rings (SSSR count). The standard InChI is InChI=1S/C15H23BrN2/c1-11-6-8-18(10-12(11)2)15-9-14(16)4-3-13(15)5-7-17/h3-4,9,11-12H,5-8,10,17H2,1-2H3. The van der Waals surface area contributed by atoms with Gasteiger partial charge in [0.15, 0.2) is 0 Å². The summed E-state index contributed by atoms with van der Waals surface area (Å²) in [4.78, 5) is 2.53. The third-order valence-electron chi connectivity index (χ3n) is 4.14. The zero-order chi connectivity index (χ0) is 13.1. The van der Waals surface area contributed by atoms with Gasteiger partial charge in [-0.1, -0.05) is 35.8 Å². The summed E-state index contributed by atoms with van der Waals surface area (Å²) in [6.07, 6.45) is 2.25. The van der Waals surface area contributed by atoms with Crippen molar-refractivity contribution in [3.63, 3.8) is 0 Å². The Bertz CT molecular complexity index is 405. The molecule has 100 valence electrons. The summed E-state index contributed by atoms with van der Waals surface area (Å²) in [5, 5.41) is 0. The van der Waals surface area contributed by atoms with Gasteiger partial charge in [0.25, 0.3) is 0 Å². The van der Waals surface area contributed by atoms with E-state index in [4.69, 9.17) is 5.73 Å². The highest BCUT2D eigenvalue weighted by molar-refractivity contribution is 9.10. The van der Waals surface area contributed by atoms with E-state index in [9.17, 15) is 0 Å². The molecule has 2 unspecified atom stereocenters. The average molecular weight is 311 g/mol. The smallest absolute Gasteiger partial charge is 0.0410 e. The van der Waals surface area contributed by atoms with Gasteiger partial charge in [0.05, 0.1) is 0 Å². The van der Waals surface area contributed by atoms with Crippen molar-refractivity contribution in [2.24, 2.45) is 17.6 Å². The highest BCUT2D eigenvalue weighted by Gasteiger charge is 2.24. The van der Waals surface area contributed by atoms with Crippen molar-refractivity contribution in [2.75, 3.05) is 24.5 Å². The Morgan fingerprint density at radius 2 is 2.11 bits per heavy atom. The predicted octanol–water partition coefficient (Wildman–Crippen LogP) is 3.43. The van der Waals surface area contributed by atoms with Crippen LogP contribution in [0.4, 0.5) is 5.69 Å². The van der Waals surface area contributed by atoms with E-state index in [-0.39, 0.29) is 0 Å². The number of nitrogens with zero attached hydrogens (tertiary/aromatic N) is 1. The van der Waals surface area contributed by atoms with Gasteiger partial charge < -0.3 is 10.6 Å². The summed E-state index contributed by atoms with van der Waals surface area (Å²) in [6.45, 7) is 7.77. The molecule has 1 aliphatic rings. The van der Waals surface area contributed by atoms with Gasteiger partial charge in [-0.2, -0.15) is 0 Å². The first-order chi connectivity index (χ1) is 8.61. The Morgan fingerprint density at radius 1 is 1.33 bits per heavy atom. The molecule has 1 saturated heterocycles. The topological polar surface area (TPSA) is 29.3 Å². The average Bonchev–Trinajstić information content (AvgIpc) is 2.35. The van der Waals surface area contributed by atoms with Crippen LogP contribution in [0, 0.1) is 11.8 Å².